The summed E-state index contributed by atoms with van der Waals surface area (Å²) in [7, 11) is -4.10. The van der Waals surface area contributed by atoms with Crippen LogP contribution in [0.4, 0.5) is 0 Å². The Morgan fingerprint density at radius 2 is 2.04 bits per heavy atom. The third kappa shape index (κ3) is 5.71. The Morgan fingerprint density at radius 3 is 2.70 bits per heavy atom. The summed E-state index contributed by atoms with van der Waals surface area (Å²) in [6.07, 6.45) is 1.16. The van der Waals surface area contributed by atoms with Crippen LogP contribution >= 0.6 is 0 Å². The van der Waals surface area contributed by atoms with Gasteiger partial charge in [-0.25, -0.2) is 10.1 Å². The fraction of sp³-hybridized carbons (Fsp3) is 0.364. The van der Waals surface area contributed by atoms with Gasteiger partial charge in [-0.2, -0.15) is 8.42 Å². The van der Waals surface area contributed by atoms with Crippen LogP contribution in [0.3, 0.4) is 0 Å². The third-order valence-corrected chi connectivity index (χ3v) is 3.24. The van der Waals surface area contributed by atoms with Crippen molar-refractivity contribution in [2.75, 3.05) is 6.61 Å². The van der Waals surface area contributed by atoms with Gasteiger partial charge < -0.3 is 19.8 Å². The fourth-order valence-corrected chi connectivity index (χ4v) is 1.97. The molecule has 2 atom stereocenters. The quantitative estimate of drug-likeness (QED) is 0.449. The molecule has 0 fully saturated rings. The smallest absolute Gasteiger partial charge is 0.330 e. The van der Waals surface area contributed by atoms with E-state index in [1.165, 1.54) is 23.8 Å². The van der Waals surface area contributed by atoms with Crippen molar-refractivity contribution in [1.82, 2.24) is 19.5 Å². The summed E-state index contributed by atoms with van der Waals surface area (Å²) in [5, 5.41) is 24.2. The molecule has 0 aliphatic heterocycles. The molecule has 10 nitrogen and oxygen atoms in total. The van der Waals surface area contributed by atoms with Gasteiger partial charge in [-0.15, -0.1) is 0 Å². The number of rotatable bonds is 7. The van der Waals surface area contributed by atoms with E-state index in [0.717, 1.165) is 6.42 Å². The number of fused-ring (bicyclic) bond motifs is 1. The van der Waals surface area contributed by atoms with Crippen molar-refractivity contribution in [3.8, 4) is 0 Å². The first-order valence-corrected chi connectivity index (χ1v) is 7.61. The van der Waals surface area contributed by atoms with Gasteiger partial charge in [-0.3, -0.25) is 15.6 Å². The normalized spacial score (nSPS) is 14.3. The van der Waals surface area contributed by atoms with Crippen LogP contribution in [0.1, 0.15) is 5.69 Å². The first kappa shape index (κ1) is 20.4. The predicted octanol–water partition coefficient (Wildman–Crippen LogP) is -1.71. The molecule has 2 heterocycles. The number of aromatic nitrogens is 4. The molecule has 0 aliphatic rings. The van der Waals surface area contributed by atoms with Crippen molar-refractivity contribution >= 4 is 21.5 Å². The molecule has 2 aromatic heterocycles. The minimum Gasteiger partial charge on any atom is -0.451 e. The van der Waals surface area contributed by atoms with Crippen LogP contribution in [0, 0.1) is 19.9 Å². The number of nitrogens with two attached hydrogens (primary N) is 1. The molecule has 0 aliphatic carbocycles. The van der Waals surface area contributed by atoms with Gasteiger partial charge in [0, 0.05) is 38.8 Å². The third-order valence-electron chi connectivity index (χ3n) is 2.77. The molecule has 0 saturated heterocycles. The summed E-state index contributed by atoms with van der Waals surface area (Å²) < 4.78 is 26.8. The minimum absolute atomic E-state index is 0. The number of hydrogen-bond donors (Lipinski definition) is 3. The van der Waals surface area contributed by atoms with Crippen LogP contribution in [0.15, 0.2) is 12.7 Å². The number of aliphatic hydroxyl groups is 2. The van der Waals surface area contributed by atoms with Gasteiger partial charge >= 0.3 is 10.3 Å². The van der Waals surface area contributed by atoms with E-state index in [-0.39, 0.29) is 32.7 Å². The maximum atomic E-state index is 10.6. The van der Waals surface area contributed by atoms with Crippen molar-refractivity contribution in [3.63, 3.8) is 0 Å². The first-order valence-electron chi connectivity index (χ1n) is 6.13. The van der Waals surface area contributed by atoms with Crippen LogP contribution < -0.4 is 5.14 Å². The summed E-state index contributed by atoms with van der Waals surface area (Å²) in [4.78, 5) is 12.1. The minimum atomic E-state index is -4.10. The maximum Gasteiger partial charge on any atom is 0.330 e. The zero-order chi connectivity index (χ0) is 16.3. The van der Waals surface area contributed by atoms with Crippen molar-refractivity contribution in [2.45, 2.75) is 19.1 Å². The van der Waals surface area contributed by atoms with Gasteiger partial charge in [-0.05, 0) is 19.4 Å². The van der Waals surface area contributed by atoms with E-state index in [1.807, 2.05) is 0 Å². The van der Waals surface area contributed by atoms with Gasteiger partial charge in [0.1, 0.15) is 6.33 Å². The first-order chi connectivity index (χ1) is 10.3. The monoisotopic (exact) mass is 418 g/mol. The van der Waals surface area contributed by atoms with Gasteiger partial charge in [0.25, 0.3) is 0 Å². The Kier molecular flexibility index (Phi) is 7.46. The molecule has 2 aromatic rings. The Balaban J connectivity index is 0.00000264. The molecule has 125 valence electrons. The number of hydrogen-bond acceptors (Lipinski definition) is 8. The van der Waals surface area contributed by atoms with Crippen LogP contribution in [-0.2, 0) is 47.2 Å². The Morgan fingerprint density at radius 1 is 1.35 bits per heavy atom. The number of aliphatic hydroxyl groups excluding tert-OH is 2. The zero-order valence-electron chi connectivity index (χ0n) is 12.1. The molecule has 0 aromatic carbocycles. The van der Waals surface area contributed by atoms with E-state index in [4.69, 9.17) is 0 Å². The number of nitrogens with zero attached hydrogens (tertiary/aromatic N) is 4. The average Bonchev–Trinajstić information content (AvgIpc) is 2.82. The van der Waals surface area contributed by atoms with Crippen molar-refractivity contribution in [1.29, 1.82) is 0 Å². The molecule has 1 radical (unpaired) electrons. The number of imidazole rings is 1. The van der Waals surface area contributed by atoms with E-state index in [0.29, 0.717) is 16.9 Å². The molecule has 12 heteroatoms. The molecule has 23 heavy (non-hydrogen) atoms. The molecule has 0 saturated carbocycles. The average molecular weight is 418 g/mol. The predicted molar refractivity (Wildman–Crippen MR) is 75.1 cm³/mol. The largest absolute Gasteiger partial charge is 0.451 e. The molecule has 0 amide bonds. The summed E-state index contributed by atoms with van der Waals surface area (Å²) in [6, 6.07) is 0. The SMILES string of the molecule is Cc1ncnc2c1ncn2[CH-][C@H](O)[C@H](O)[CH-]COS(N)(=O)=O.[Y]. The van der Waals surface area contributed by atoms with Gasteiger partial charge in [-0.1, -0.05) is 13.2 Å². The molecular formula is C11H15N5O5SY-2. The van der Waals surface area contributed by atoms with Crippen LogP contribution in [0.25, 0.3) is 11.2 Å². The second-order valence-corrected chi connectivity index (χ2v) is 5.65. The molecular weight excluding hydrogens is 403 g/mol. The summed E-state index contributed by atoms with van der Waals surface area (Å²) in [5.74, 6) is 0. The Hall–Kier alpha value is -0.686. The van der Waals surface area contributed by atoms with E-state index in [2.05, 4.69) is 24.3 Å². The van der Waals surface area contributed by atoms with E-state index in [9.17, 15) is 18.6 Å². The zero-order valence-corrected chi connectivity index (χ0v) is 15.8. The van der Waals surface area contributed by atoms with Crippen molar-refractivity contribution in [3.05, 3.63) is 31.3 Å². The molecule has 0 bridgehead atoms. The maximum absolute atomic E-state index is 10.6. The van der Waals surface area contributed by atoms with E-state index >= 15 is 0 Å². The van der Waals surface area contributed by atoms with Gasteiger partial charge in [0.15, 0.2) is 0 Å². The van der Waals surface area contributed by atoms with Gasteiger partial charge in [0.05, 0.1) is 16.9 Å². The second kappa shape index (κ2) is 8.42. The fourth-order valence-electron chi connectivity index (χ4n) is 1.70. The topological polar surface area (TPSA) is 153 Å². The molecule has 0 spiro atoms. The van der Waals surface area contributed by atoms with E-state index in [1.54, 1.807) is 6.92 Å². The molecule has 0 unspecified atom stereocenters. The summed E-state index contributed by atoms with van der Waals surface area (Å²) in [5.41, 5.74) is 1.72. The summed E-state index contributed by atoms with van der Waals surface area (Å²) in [6.45, 7) is 2.59. The van der Waals surface area contributed by atoms with Crippen LogP contribution in [0.5, 0.6) is 0 Å². The summed E-state index contributed by atoms with van der Waals surface area (Å²) >= 11 is 0. The van der Waals surface area contributed by atoms with Gasteiger partial charge in [0.2, 0.25) is 0 Å². The Labute approximate surface area is 158 Å². The standard InChI is InChI=1S/C11H15N5O5S.Y/c1-7-10-11(14-5-13-7)16(6-15-10)4-9(18)8(17)2-3-21-22(12,19)20;/h2,4-6,8-9,17-18H,3H2,1H3,(H2,12,19,20);/q-2;/t8-,9+;/m1./s1. The second-order valence-electron chi connectivity index (χ2n) is 4.43. The van der Waals surface area contributed by atoms with Crippen molar-refractivity contribution in [2.24, 2.45) is 5.14 Å². The van der Waals surface area contributed by atoms with Crippen molar-refractivity contribution < 1.29 is 55.5 Å². The molecule has 4 N–H and O–H groups in total. The molecule has 2 rings (SSSR count). The van der Waals surface area contributed by atoms with Crippen LogP contribution in [-0.4, -0.2) is 57.0 Å². The van der Waals surface area contributed by atoms with E-state index < -0.39 is 29.1 Å². The van der Waals surface area contributed by atoms with Crippen LogP contribution in [0.2, 0.25) is 0 Å². The number of aryl methyl sites for hydroxylation is 1. The Bertz CT molecular complexity index is 752.